The largest absolute Gasteiger partial charge is 0.469 e. The van der Waals surface area contributed by atoms with Crippen LogP contribution in [-0.2, 0) is 6.42 Å². The Morgan fingerprint density at radius 1 is 1.70 bits per heavy atom. The third kappa shape index (κ3) is 1.86. The average Bonchev–Trinajstić information content (AvgIpc) is 2.40. The van der Waals surface area contributed by atoms with Crippen molar-refractivity contribution in [2.24, 2.45) is 5.73 Å². The van der Waals surface area contributed by atoms with E-state index in [1.807, 2.05) is 6.07 Å². The van der Waals surface area contributed by atoms with Crippen molar-refractivity contribution in [3.05, 3.63) is 24.2 Å². The summed E-state index contributed by atoms with van der Waals surface area (Å²) in [4.78, 5) is 0. The van der Waals surface area contributed by atoms with Crippen LogP contribution >= 0.6 is 0 Å². The van der Waals surface area contributed by atoms with Crippen LogP contribution in [0.3, 0.4) is 0 Å². The van der Waals surface area contributed by atoms with E-state index < -0.39 is 0 Å². The van der Waals surface area contributed by atoms with Crippen molar-refractivity contribution in [1.29, 1.82) is 0 Å². The molecule has 10 heavy (non-hydrogen) atoms. The number of aliphatic hydroxyl groups is 1. The van der Waals surface area contributed by atoms with Crippen LogP contribution in [0.5, 0.6) is 0 Å². The zero-order chi connectivity index (χ0) is 7.40. The van der Waals surface area contributed by atoms with Gasteiger partial charge in [0.05, 0.1) is 12.9 Å². The van der Waals surface area contributed by atoms with E-state index >= 15 is 0 Å². The SMILES string of the molecule is N[C@@H](CO)Cc1ccco1. The summed E-state index contributed by atoms with van der Waals surface area (Å²) in [6.07, 6.45) is 2.20. The van der Waals surface area contributed by atoms with Crippen molar-refractivity contribution >= 4 is 0 Å². The van der Waals surface area contributed by atoms with Crippen LogP contribution in [0.25, 0.3) is 0 Å². The molecule has 3 heteroatoms. The summed E-state index contributed by atoms with van der Waals surface area (Å²) in [6, 6.07) is 3.45. The number of aliphatic hydroxyl groups excluding tert-OH is 1. The molecule has 0 fully saturated rings. The lowest BCUT2D eigenvalue weighted by Gasteiger charge is -2.03. The van der Waals surface area contributed by atoms with Crippen LogP contribution < -0.4 is 5.73 Å². The third-order valence-corrected chi connectivity index (χ3v) is 1.28. The van der Waals surface area contributed by atoms with E-state index in [0.717, 1.165) is 5.76 Å². The molecular formula is C7H11NO2. The fourth-order valence-electron chi connectivity index (χ4n) is 0.752. The number of furan rings is 1. The van der Waals surface area contributed by atoms with Gasteiger partial charge in [0.15, 0.2) is 0 Å². The highest BCUT2D eigenvalue weighted by molar-refractivity contribution is 4.99. The van der Waals surface area contributed by atoms with Gasteiger partial charge >= 0.3 is 0 Å². The van der Waals surface area contributed by atoms with Crippen molar-refractivity contribution in [2.75, 3.05) is 6.61 Å². The van der Waals surface area contributed by atoms with Gasteiger partial charge in [-0.25, -0.2) is 0 Å². The highest BCUT2D eigenvalue weighted by atomic mass is 16.3. The Bertz CT molecular complexity index is 172. The monoisotopic (exact) mass is 141 g/mol. The zero-order valence-corrected chi connectivity index (χ0v) is 5.66. The lowest BCUT2D eigenvalue weighted by atomic mass is 10.2. The van der Waals surface area contributed by atoms with Crippen LogP contribution in [0.1, 0.15) is 5.76 Å². The van der Waals surface area contributed by atoms with Gasteiger partial charge in [-0.1, -0.05) is 0 Å². The Hall–Kier alpha value is -0.800. The van der Waals surface area contributed by atoms with E-state index in [4.69, 9.17) is 15.3 Å². The highest BCUT2D eigenvalue weighted by Crippen LogP contribution is 2.01. The maximum atomic E-state index is 8.57. The van der Waals surface area contributed by atoms with Gasteiger partial charge in [0.2, 0.25) is 0 Å². The van der Waals surface area contributed by atoms with Crippen LogP contribution in [0.2, 0.25) is 0 Å². The summed E-state index contributed by atoms with van der Waals surface area (Å²) < 4.78 is 5.01. The smallest absolute Gasteiger partial charge is 0.105 e. The minimum atomic E-state index is -0.203. The number of rotatable bonds is 3. The van der Waals surface area contributed by atoms with Crippen molar-refractivity contribution in [2.45, 2.75) is 12.5 Å². The first-order chi connectivity index (χ1) is 4.83. The van der Waals surface area contributed by atoms with Crippen molar-refractivity contribution in [3.63, 3.8) is 0 Å². The Labute approximate surface area is 59.5 Å². The van der Waals surface area contributed by atoms with Gasteiger partial charge in [-0.3, -0.25) is 0 Å². The molecule has 0 unspecified atom stereocenters. The van der Waals surface area contributed by atoms with E-state index in [-0.39, 0.29) is 12.6 Å². The first-order valence-electron chi connectivity index (χ1n) is 3.21. The van der Waals surface area contributed by atoms with Crippen molar-refractivity contribution in [3.8, 4) is 0 Å². The van der Waals surface area contributed by atoms with E-state index in [9.17, 15) is 0 Å². The molecule has 3 nitrogen and oxygen atoms in total. The molecule has 56 valence electrons. The number of nitrogens with two attached hydrogens (primary N) is 1. The number of hydrogen-bond donors (Lipinski definition) is 2. The van der Waals surface area contributed by atoms with Gasteiger partial charge in [0, 0.05) is 12.5 Å². The third-order valence-electron chi connectivity index (χ3n) is 1.28. The minimum Gasteiger partial charge on any atom is -0.469 e. The Kier molecular flexibility index (Phi) is 2.48. The van der Waals surface area contributed by atoms with E-state index in [2.05, 4.69) is 0 Å². The average molecular weight is 141 g/mol. The lowest BCUT2D eigenvalue weighted by Crippen LogP contribution is -2.26. The maximum Gasteiger partial charge on any atom is 0.105 e. The van der Waals surface area contributed by atoms with Gasteiger partial charge in [-0.2, -0.15) is 0 Å². The Morgan fingerprint density at radius 2 is 2.50 bits per heavy atom. The molecule has 0 aliphatic rings. The van der Waals surface area contributed by atoms with Gasteiger partial charge < -0.3 is 15.3 Å². The van der Waals surface area contributed by atoms with Crippen LogP contribution in [0.4, 0.5) is 0 Å². The molecule has 0 spiro atoms. The topological polar surface area (TPSA) is 59.4 Å². The van der Waals surface area contributed by atoms with E-state index in [1.165, 1.54) is 0 Å². The molecule has 0 bridgehead atoms. The number of hydrogen-bond acceptors (Lipinski definition) is 3. The zero-order valence-electron chi connectivity index (χ0n) is 5.66. The first-order valence-corrected chi connectivity index (χ1v) is 3.21. The fourth-order valence-corrected chi connectivity index (χ4v) is 0.752. The van der Waals surface area contributed by atoms with Crippen molar-refractivity contribution < 1.29 is 9.52 Å². The van der Waals surface area contributed by atoms with Gasteiger partial charge in [0.25, 0.3) is 0 Å². The molecule has 1 aromatic rings. The normalized spacial score (nSPS) is 13.4. The molecule has 0 aliphatic carbocycles. The molecule has 1 atom stereocenters. The molecule has 3 N–H and O–H groups in total. The summed E-state index contributed by atoms with van der Waals surface area (Å²) in [7, 11) is 0. The van der Waals surface area contributed by atoms with Crippen LogP contribution in [0, 0.1) is 0 Å². The molecule has 0 radical (unpaired) electrons. The Morgan fingerprint density at radius 3 is 3.00 bits per heavy atom. The van der Waals surface area contributed by atoms with Gasteiger partial charge in [-0.05, 0) is 12.1 Å². The van der Waals surface area contributed by atoms with Crippen LogP contribution in [0.15, 0.2) is 22.8 Å². The molecule has 0 aliphatic heterocycles. The standard InChI is InChI=1S/C7H11NO2/c8-6(5-9)4-7-2-1-3-10-7/h1-3,6,9H,4-5,8H2/t6-/m1/s1. The predicted molar refractivity (Wildman–Crippen MR) is 37.5 cm³/mol. The summed E-state index contributed by atoms with van der Waals surface area (Å²) in [6.45, 7) is 0.000694. The summed E-state index contributed by atoms with van der Waals surface area (Å²) in [5.41, 5.74) is 5.45. The summed E-state index contributed by atoms with van der Waals surface area (Å²) in [5.74, 6) is 0.821. The van der Waals surface area contributed by atoms with Crippen LogP contribution in [-0.4, -0.2) is 17.8 Å². The second kappa shape index (κ2) is 3.39. The molecule has 0 saturated heterocycles. The summed E-state index contributed by atoms with van der Waals surface area (Å²) in [5, 5.41) is 8.57. The molecule has 1 aromatic heterocycles. The molecule has 0 amide bonds. The fraction of sp³-hybridized carbons (Fsp3) is 0.429. The summed E-state index contributed by atoms with van der Waals surface area (Å²) >= 11 is 0. The van der Waals surface area contributed by atoms with E-state index in [1.54, 1.807) is 12.3 Å². The predicted octanol–water partition coefficient (Wildman–Crippen LogP) is 0.142. The molecule has 1 heterocycles. The second-order valence-electron chi connectivity index (χ2n) is 2.23. The lowest BCUT2D eigenvalue weighted by molar-refractivity contribution is 0.260. The molecule has 1 rings (SSSR count). The molecule has 0 aromatic carbocycles. The maximum absolute atomic E-state index is 8.57. The quantitative estimate of drug-likeness (QED) is 0.629. The van der Waals surface area contributed by atoms with Gasteiger partial charge in [-0.15, -0.1) is 0 Å². The Balaban J connectivity index is 2.40. The second-order valence-corrected chi connectivity index (χ2v) is 2.23. The first kappa shape index (κ1) is 7.31. The van der Waals surface area contributed by atoms with E-state index in [0.29, 0.717) is 6.42 Å². The molecular weight excluding hydrogens is 130 g/mol. The highest BCUT2D eigenvalue weighted by Gasteiger charge is 2.02. The van der Waals surface area contributed by atoms with Gasteiger partial charge in [0.1, 0.15) is 5.76 Å². The molecule has 0 saturated carbocycles. The van der Waals surface area contributed by atoms with Crippen molar-refractivity contribution in [1.82, 2.24) is 0 Å². The minimum absolute atomic E-state index is 0.000694.